The van der Waals surface area contributed by atoms with E-state index in [1.54, 1.807) is 28.1 Å². The van der Waals surface area contributed by atoms with E-state index in [9.17, 15) is 18.0 Å². The fourth-order valence-corrected chi connectivity index (χ4v) is 5.43. The number of imidazole rings is 1. The molecule has 3 heterocycles. The molecule has 0 radical (unpaired) electrons. The number of hydrogen-bond acceptors (Lipinski definition) is 8. The van der Waals surface area contributed by atoms with Crippen molar-refractivity contribution in [2.75, 3.05) is 10.7 Å². The number of amidine groups is 1. The third-order valence-electron chi connectivity index (χ3n) is 6.39. The van der Waals surface area contributed by atoms with Gasteiger partial charge < -0.3 is 4.74 Å². The summed E-state index contributed by atoms with van der Waals surface area (Å²) in [5.74, 6) is 0.245. The molecule has 0 spiro atoms. The highest BCUT2D eigenvalue weighted by Crippen LogP contribution is 2.32. The first kappa shape index (κ1) is 26.4. The molecule has 2 aromatic heterocycles. The first-order chi connectivity index (χ1) is 19.7. The van der Waals surface area contributed by atoms with Crippen LogP contribution in [0.1, 0.15) is 17.0 Å². The lowest BCUT2D eigenvalue weighted by Crippen LogP contribution is -2.30. The summed E-state index contributed by atoms with van der Waals surface area (Å²) in [5, 5.41) is 9.62. The highest BCUT2D eigenvalue weighted by molar-refractivity contribution is 8.15. The molecule has 3 aromatic carbocycles. The minimum Gasteiger partial charge on any atom is -0.406 e. The molecule has 0 N–H and O–H groups in total. The summed E-state index contributed by atoms with van der Waals surface area (Å²) in [4.78, 5) is 27.6. The van der Waals surface area contributed by atoms with Gasteiger partial charge in [-0.3, -0.25) is 14.3 Å². The number of anilines is 1. The number of rotatable bonds is 5. The van der Waals surface area contributed by atoms with E-state index in [1.807, 2.05) is 38.1 Å². The number of aromatic nitrogens is 4. The highest BCUT2D eigenvalue weighted by atomic mass is 32.2. The second kappa shape index (κ2) is 10.3. The maximum Gasteiger partial charge on any atom is 0.573 e. The van der Waals surface area contributed by atoms with Crippen LogP contribution in [0.5, 0.6) is 5.75 Å². The van der Waals surface area contributed by atoms with Crippen LogP contribution >= 0.6 is 11.8 Å². The first-order valence-electron chi connectivity index (χ1n) is 12.3. The van der Waals surface area contributed by atoms with Crippen molar-refractivity contribution in [3.05, 3.63) is 84.1 Å². The number of fused-ring (bicyclic) bond motifs is 3. The molecule has 0 atom stereocenters. The molecular weight excluding hydrogens is 555 g/mol. The van der Waals surface area contributed by atoms with Gasteiger partial charge in [-0.1, -0.05) is 30.0 Å². The molecule has 0 saturated carbocycles. The molecular formula is C28H20F3N7O2S. The Morgan fingerprint density at radius 3 is 2.51 bits per heavy atom. The van der Waals surface area contributed by atoms with Crippen LogP contribution in [0.3, 0.4) is 0 Å². The maximum atomic E-state index is 12.6. The molecule has 5 aromatic rings. The number of aryl methyl sites for hydroxylation is 2. The van der Waals surface area contributed by atoms with Gasteiger partial charge in [-0.25, -0.2) is 15.0 Å². The van der Waals surface area contributed by atoms with Crippen LogP contribution < -0.4 is 9.64 Å². The zero-order chi connectivity index (χ0) is 28.7. The fraction of sp³-hybridized carbons (Fsp3) is 0.143. The second-order valence-electron chi connectivity index (χ2n) is 9.14. The summed E-state index contributed by atoms with van der Waals surface area (Å²) < 4.78 is 43.1. The fourth-order valence-electron chi connectivity index (χ4n) is 4.62. The molecule has 6 rings (SSSR count). The molecule has 41 heavy (non-hydrogen) atoms. The molecule has 206 valence electrons. The van der Waals surface area contributed by atoms with Gasteiger partial charge in [0.15, 0.2) is 11.0 Å². The minimum atomic E-state index is -4.76. The zero-order valence-corrected chi connectivity index (χ0v) is 22.4. The van der Waals surface area contributed by atoms with Crippen molar-refractivity contribution >= 4 is 56.7 Å². The summed E-state index contributed by atoms with van der Waals surface area (Å²) >= 11 is 1.32. The van der Waals surface area contributed by atoms with E-state index < -0.39 is 6.36 Å². The van der Waals surface area contributed by atoms with Crippen LogP contribution in [0.25, 0.3) is 27.6 Å². The largest absolute Gasteiger partial charge is 0.573 e. The van der Waals surface area contributed by atoms with E-state index in [-0.39, 0.29) is 17.4 Å². The van der Waals surface area contributed by atoms with Crippen LogP contribution in [-0.2, 0) is 4.79 Å². The Hall–Kier alpha value is -4.78. The Balaban J connectivity index is 1.26. The van der Waals surface area contributed by atoms with Gasteiger partial charge in [0, 0.05) is 17.3 Å². The van der Waals surface area contributed by atoms with Crippen LogP contribution in [0.4, 0.5) is 18.9 Å². The first-order valence-corrected chi connectivity index (χ1v) is 13.3. The van der Waals surface area contributed by atoms with Crippen molar-refractivity contribution in [2.45, 2.75) is 20.2 Å². The number of nitrogens with zero attached hydrogens (tertiary/aromatic N) is 7. The van der Waals surface area contributed by atoms with E-state index in [4.69, 9.17) is 0 Å². The minimum absolute atomic E-state index is 0.0580. The number of para-hydroxylation sites is 1. The lowest BCUT2D eigenvalue weighted by molar-refractivity contribution is -0.274. The standard InChI is InChI=1S/C28H20F3N7O2S/c1-16-4-3-5-17(2)26(16)38-24(39)14-41-27(38)36-34-13-23-32-12-20-21(35-23)10-11-22-25(20)33-15-37(22)18-6-8-19(9-7-18)40-28(29,30)31/h3-13,15H,14H2,1-2H3/b34-13+,36-27-. The van der Waals surface area contributed by atoms with Gasteiger partial charge >= 0.3 is 6.36 Å². The monoisotopic (exact) mass is 575 g/mol. The molecule has 0 unspecified atom stereocenters. The summed E-state index contributed by atoms with van der Waals surface area (Å²) in [6.07, 6.45) is -0.120. The number of amides is 1. The van der Waals surface area contributed by atoms with Crippen LogP contribution in [0.15, 0.2) is 77.3 Å². The number of carbonyl (C=O) groups is 1. The predicted molar refractivity (Wildman–Crippen MR) is 152 cm³/mol. The van der Waals surface area contributed by atoms with Crippen LogP contribution in [-0.4, -0.2) is 48.9 Å². The topological polar surface area (TPSA) is 97.9 Å². The second-order valence-corrected chi connectivity index (χ2v) is 10.1. The Morgan fingerprint density at radius 2 is 1.78 bits per heavy atom. The van der Waals surface area contributed by atoms with Gasteiger partial charge in [-0.2, -0.15) is 5.10 Å². The van der Waals surface area contributed by atoms with Crippen molar-refractivity contribution in [1.29, 1.82) is 0 Å². The van der Waals surface area contributed by atoms with E-state index in [0.717, 1.165) is 22.3 Å². The third kappa shape index (κ3) is 5.23. The SMILES string of the molecule is Cc1cccc(C)c1N1C(=O)CS/C1=N\N=C\c1ncc2c(ccc3c2ncn3-c2ccc(OC(F)(F)F)cc2)n1. The van der Waals surface area contributed by atoms with Crippen molar-refractivity contribution in [3.8, 4) is 11.4 Å². The van der Waals surface area contributed by atoms with E-state index in [0.29, 0.717) is 33.1 Å². The lowest BCUT2D eigenvalue weighted by atomic mass is 10.1. The molecule has 0 bridgehead atoms. The van der Waals surface area contributed by atoms with Gasteiger partial charge in [0.25, 0.3) is 0 Å². The summed E-state index contributed by atoms with van der Waals surface area (Å²) in [5.41, 5.74) is 5.35. The summed E-state index contributed by atoms with van der Waals surface area (Å²) in [6.45, 7) is 3.90. The Labute approximate surface area is 235 Å². The van der Waals surface area contributed by atoms with Crippen molar-refractivity contribution < 1.29 is 22.7 Å². The zero-order valence-electron chi connectivity index (χ0n) is 21.6. The third-order valence-corrected chi connectivity index (χ3v) is 7.30. The molecule has 13 heteroatoms. The Morgan fingerprint density at radius 1 is 1.02 bits per heavy atom. The molecule has 9 nitrogen and oxygen atoms in total. The number of halogens is 3. The van der Waals surface area contributed by atoms with Gasteiger partial charge in [-0.15, -0.1) is 18.3 Å². The quantitative estimate of drug-likeness (QED) is 0.190. The number of alkyl halides is 3. The van der Waals surface area contributed by atoms with Crippen molar-refractivity contribution in [3.63, 3.8) is 0 Å². The van der Waals surface area contributed by atoms with Gasteiger partial charge in [-0.05, 0) is 61.4 Å². The molecule has 0 aliphatic carbocycles. The van der Waals surface area contributed by atoms with E-state index in [2.05, 4.69) is 29.9 Å². The normalized spacial score (nSPS) is 15.2. The number of ether oxygens (including phenoxy) is 1. The number of carbonyl (C=O) groups excluding carboxylic acids is 1. The van der Waals surface area contributed by atoms with Gasteiger partial charge in [0.2, 0.25) is 5.91 Å². The van der Waals surface area contributed by atoms with Crippen molar-refractivity contribution in [1.82, 2.24) is 19.5 Å². The number of thioether (sulfide) groups is 1. The summed E-state index contributed by atoms with van der Waals surface area (Å²) in [7, 11) is 0. The van der Waals surface area contributed by atoms with Crippen LogP contribution in [0.2, 0.25) is 0 Å². The smallest absolute Gasteiger partial charge is 0.406 e. The Kier molecular flexibility index (Phi) is 6.66. The maximum absolute atomic E-state index is 12.6. The predicted octanol–water partition coefficient (Wildman–Crippen LogP) is 5.95. The molecule has 1 amide bonds. The lowest BCUT2D eigenvalue weighted by Gasteiger charge is -2.20. The molecule has 1 aliphatic heterocycles. The summed E-state index contributed by atoms with van der Waals surface area (Å²) in [6, 6.07) is 15.0. The Bertz CT molecular complexity index is 1850. The van der Waals surface area contributed by atoms with E-state index >= 15 is 0 Å². The average molecular weight is 576 g/mol. The van der Waals surface area contributed by atoms with E-state index in [1.165, 1.54) is 42.2 Å². The number of hydrogen-bond donors (Lipinski definition) is 0. The molecule has 1 aliphatic rings. The highest BCUT2D eigenvalue weighted by Gasteiger charge is 2.32. The van der Waals surface area contributed by atoms with Gasteiger partial charge in [0.1, 0.15) is 12.1 Å². The average Bonchev–Trinajstić information content (AvgIpc) is 3.52. The van der Waals surface area contributed by atoms with Crippen molar-refractivity contribution in [2.24, 2.45) is 10.2 Å². The molecule has 1 fully saturated rings. The number of benzene rings is 3. The van der Waals surface area contributed by atoms with Gasteiger partial charge in [0.05, 0.1) is 34.2 Å². The molecule has 1 saturated heterocycles. The van der Waals surface area contributed by atoms with Crippen LogP contribution in [0, 0.1) is 13.8 Å².